The Kier molecular flexibility index (Phi) is 7.10. The van der Waals surface area contributed by atoms with Crippen LogP contribution in [0.4, 0.5) is 24.5 Å². The molecule has 1 aliphatic rings. The summed E-state index contributed by atoms with van der Waals surface area (Å²) in [5, 5.41) is 11.7. The maximum Gasteiger partial charge on any atom is 0.452 e. The molecular formula is C29H24F3N3O4. The molecule has 0 unspecified atom stereocenters. The van der Waals surface area contributed by atoms with Crippen molar-refractivity contribution in [1.29, 1.82) is 0 Å². The van der Waals surface area contributed by atoms with E-state index in [1.54, 1.807) is 60.7 Å². The number of anilines is 2. The number of carboxylic acid groups (broad SMARTS) is 1. The number of halogens is 3. The first kappa shape index (κ1) is 26.0. The quantitative estimate of drug-likeness (QED) is 0.286. The normalized spacial score (nSPS) is 14.3. The van der Waals surface area contributed by atoms with Crippen molar-refractivity contribution in [1.82, 2.24) is 4.98 Å². The molecule has 0 radical (unpaired) electrons. The van der Waals surface area contributed by atoms with Crippen LogP contribution in [0.5, 0.6) is 0 Å². The number of amides is 1. The Morgan fingerprint density at radius 1 is 0.949 bits per heavy atom. The minimum Gasteiger partial charge on any atom is -0.478 e. The zero-order valence-electron chi connectivity index (χ0n) is 20.6. The first-order valence-electron chi connectivity index (χ1n) is 12.3. The van der Waals surface area contributed by atoms with E-state index in [1.165, 1.54) is 0 Å². The first-order chi connectivity index (χ1) is 18.7. The maximum absolute atomic E-state index is 13.6. The van der Waals surface area contributed by atoms with Gasteiger partial charge in [0.25, 0.3) is 5.91 Å². The number of piperidine rings is 1. The van der Waals surface area contributed by atoms with E-state index in [2.05, 4.69) is 15.2 Å². The summed E-state index contributed by atoms with van der Waals surface area (Å²) in [6.07, 6.45) is -3.20. The molecule has 0 saturated carbocycles. The van der Waals surface area contributed by atoms with Gasteiger partial charge < -0.3 is 19.7 Å². The van der Waals surface area contributed by atoms with Crippen molar-refractivity contribution in [3.05, 3.63) is 101 Å². The second-order valence-electron chi connectivity index (χ2n) is 9.25. The number of hydrogen-bond acceptors (Lipinski definition) is 5. The van der Waals surface area contributed by atoms with Crippen LogP contribution in [0.3, 0.4) is 0 Å². The fourth-order valence-corrected chi connectivity index (χ4v) is 4.71. The third-order valence-electron chi connectivity index (χ3n) is 6.71. The third kappa shape index (κ3) is 5.79. The summed E-state index contributed by atoms with van der Waals surface area (Å²) >= 11 is 0. The van der Waals surface area contributed by atoms with Crippen LogP contribution in [0.15, 0.2) is 83.3 Å². The van der Waals surface area contributed by atoms with Crippen LogP contribution in [0.25, 0.3) is 11.5 Å². The molecule has 10 heteroatoms. The Bertz CT molecular complexity index is 1480. The highest BCUT2D eigenvalue weighted by Gasteiger charge is 2.42. The van der Waals surface area contributed by atoms with Gasteiger partial charge in [0.05, 0.1) is 5.56 Å². The van der Waals surface area contributed by atoms with E-state index in [1.807, 2.05) is 18.2 Å². The number of benzene rings is 3. The van der Waals surface area contributed by atoms with Crippen molar-refractivity contribution in [3.8, 4) is 11.5 Å². The number of nitrogens with zero attached hydrogens (tertiary/aromatic N) is 2. The topological polar surface area (TPSA) is 95.7 Å². The summed E-state index contributed by atoms with van der Waals surface area (Å²) in [6.45, 7) is 1.50. The number of carbonyl (C=O) groups excluding carboxylic acids is 1. The van der Waals surface area contributed by atoms with Gasteiger partial charge in [-0.05, 0) is 66.8 Å². The molecule has 2 heterocycles. The molecule has 1 amide bonds. The number of hydrogen-bond donors (Lipinski definition) is 2. The zero-order valence-corrected chi connectivity index (χ0v) is 20.6. The molecule has 0 bridgehead atoms. The number of carbonyl (C=O) groups is 2. The van der Waals surface area contributed by atoms with Gasteiger partial charge in [-0.25, -0.2) is 9.78 Å². The molecular weight excluding hydrogens is 511 g/mol. The number of carboxylic acids is 1. The van der Waals surface area contributed by atoms with Crippen LogP contribution in [-0.2, 0) is 6.18 Å². The van der Waals surface area contributed by atoms with E-state index in [4.69, 9.17) is 4.42 Å². The molecule has 0 atom stereocenters. The highest BCUT2D eigenvalue weighted by atomic mass is 19.4. The highest BCUT2D eigenvalue weighted by Crippen LogP contribution is 2.36. The van der Waals surface area contributed by atoms with Crippen molar-refractivity contribution in [2.45, 2.75) is 24.9 Å². The number of aromatic nitrogens is 1. The monoisotopic (exact) mass is 535 g/mol. The number of oxazole rings is 1. The molecule has 1 aliphatic heterocycles. The average molecular weight is 536 g/mol. The predicted molar refractivity (Wildman–Crippen MR) is 139 cm³/mol. The smallest absolute Gasteiger partial charge is 0.452 e. The minimum atomic E-state index is -4.89. The number of rotatable bonds is 6. The van der Waals surface area contributed by atoms with Gasteiger partial charge in [0.15, 0.2) is 5.69 Å². The summed E-state index contributed by atoms with van der Waals surface area (Å²) in [5.74, 6) is -3.46. The summed E-state index contributed by atoms with van der Waals surface area (Å²) in [6, 6.07) is 21.9. The molecule has 5 rings (SSSR count). The Hall–Kier alpha value is -4.60. The summed E-state index contributed by atoms with van der Waals surface area (Å²) < 4.78 is 45.7. The Morgan fingerprint density at radius 2 is 1.64 bits per heavy atom. The molecule has 3 aromatic carbocycles. The Morgan fingerprint density at radius 3 is 2.28 bits per heavy atom. The van der Waals surface area contributed by atoms with Crippen molar-refractivity contribution in [2.75, 3.05) is 23.3 Å². The van der Waals surface area contributed by atoms with Crippen molar-refractivity contribution >= 4 is 23.3 Å². The van der Waals surface area contributed by atoms with Gasteiger partial charge in [-0.2, -0.15) is 13.2 Å². The van der Waals surface area contributed by atoms with E-state index in [0.29, 0.717) is 11.3 Å². The molecule has 0 aliphatic carbocycles. The molecule has 0 spiro atoms. The lowest BCUT2D eigenvalue weighted by Gasteiger charge is -2.34. The second-order valence-corrected chi connectivity index (χ2v) is 9.25. The summed E-state index contributed by atoms with van der Waals surface area (Å²) in [4.78, 5) is 30.0. The fraction of sp³-hybridized carbons (Fsp3) is 0.207. The lowest BCUT2D eigenvalue weighted by Crippen LogP contribution is -2.32. The Balaban J connectivity index is 1.25. The number of nitrogens with one attached hydrogen (secondary N) is 1. The van der Waals surface area contributed by atoms with Gasteiger partial charge >= 0.3 is 12.1 Å². The van der Waals surface area contributed by atoms with Crippen molar-refractivity contribution in [3.63, 3.8) is 0 Å². The highest BCUT2D eigenvalue weighted by molar-refractivity contribution is 6.04. The molecule has 4 aromatic rings. The van der Waals surface area contributed by atoms with Crippen LogP contribution in [0.2, 0.25) is 0 Å². The lowest BCUT2D eigenvalue weighted by molar-refractivity contribution is -0.153. The standard InChI is InChI=1S/C29H24F3N3O4/c30-29(31,32)25-24(34-27(39-25)20-5-2-1-3-6-20)26(36)33-22-11-9-18(10-12-22)19-13-15-35(16-14-19)23-8-4-7-21(17-23)28(37)38/h1-12,17,19H,13-16H2,(H,33,36)(H,37,38). The van der Waals surface area contributed by atoms with Crippen LogP contribution >= 0.6 is 0 Å². The van der Waals surface area contributed by atoms with E-state index in [0.717, 1.165) is 37.2 Å². The fourth-order valence-electron chi connectivity index (χ4n) is 4.71. The van der Waals surface area contributed by atoms with Crippen LogP contribution in [0, 0.1) is 0 Å². The lowest BCUT2D eigenvalue weighted by atomic mass is 9.89. The number of aromatic carboxylic acids is 1. The molecule has 1 aromatic heterocycles. The van der Waals surface area contributed by atoms with Gasteiger partial charge in [0, 0.05) is 30.0 Å². The van der Waals surface area contributed by atoms with Gasteiger partial charge in [0.1, 0.15) is 0 Å². The van der Waals surface area contributed by atoms with Crippen LogP contribution in [-0.4, -0.2) is 35.1 Å². The van der Waals surface area contributed by atoms with Crippen LogP contribution in [0.1, 0.15) is 50.9 Å². The summed E-state index contributed by atoms with van der Waals surface area (Å²) in [7, 11) is 0. The molecule has 7 nitrogen and oxygen atoms in total. The minimum absolute atomic E-state index is 0.247. The van der Waals surface area contributed by atoms with Crippen molar-refractivity contribution < 1.29 is 32.3 Å². The van der Waals surface area contributed by atoms with E-state index < -0.39 is 29.5 Å². The van der Waals surface area contributed by atoms with Gasteiger partial charge in [-0.15, -0.1) is 0 Å². The Labute approximate surface area is 221 Å². The predicted octanol–water partition coefficient (Wildman–Crippen LogP) is 6.69. The molecule has 200 valence electrons. The summed E-state index contributed by atoms with van der Waals surface area (Å²) in [5.41, 5.74) is 2.00. The van der Waals surface area contributed by atoms with E-state index in [9.17, 15) is 27.9 Å². The van der Waals surface area contributed by atoms with Gasteiger partial charge in [0.2, 0.25) is 11.7 Å². The van der Waals surface area contributed by atoms with E-state index >= 15 is 0 Å². The van der Waals surface area contributed by atoms with Gasteiger partial charge in [-0.1, -0.05) is 36.4 Å². The third-order valence-corrected chi connectivity index (χ3v) is 6.71. The SMILES string of the molecule is O=C(O)c1cccc(N2CCC(c3ccc(NC(=O)c4nc(-c5ccccc5)oc4C(F)(F)F)cc3)CC2)c1. The largest absolute Gasteiger partial charge is 0.478 e. The van der Waals surface area contributed by atoms with E-state index in [-0.39, 0.29) is 17.4 Å². The number of alkyl halides is 3. The maximum atomic E-state index is 13.6. The van der Waals surface area contributed by atoms with Crippen LogP contribution < -0.4 is 10.2 Å². The van der Waals surface area contributed by atoms with Crippen molar-refractivity contribution in [2.24, 2.45) is 0 Å². The second kappa shape index (κ2) is 10.6. The van der Waals surface area contributed by atoms with Gasteiger partial charge in [-0.3, -0.25) is 4.79 Å². The molecule has 2 N–H and O–H groups in total. The molecule has 39 heavy (non-hydrogen) atoms. The average Bonchev–Trinajstić information content (AvgIpc) is 3.41. The zero-order chi connectivity index (χ0) is 27.6. The molecule has 1 saturated heterocycles. The first-order valence-corrected chi connectivity index (χ1v) is 12.3. The molecule has 1 fully saturated rings.